The zero-order chi connectivity index (χ0) is 19.5. The fourth-order valence-electron chi connectivity index (χ4n) is 3.43. The zero-order valence-corrected chi connectivity index (χ0v) is 15.8. The van der Waals surface area contributed by atoms with Crippen LogP contribution in [0.15, 0.2) is 42.5 Å². The van der Waals surface area contributed by atoms with Crippen molar-refractivity contribution < 1.29 is 19.1 Å². The molecule has 0 radical (unpaired) electrons. The first-order chi connectivity index (χ1) is 13.6. The molecule has 4 rings (SSSR count). The summed E-state index contributed by atoms with van der Waals surface area (Å²) in [6.45, 7) is 3.23. The summed E-state index contributed by atoms with van der Waals surface area (Å²) in [5.74, 6) is 0.285. The minimum absolute atomic E-state index is 0.0284. The molecule has 1 N–H and O–H groups in total. The molecule has 146 valence electrons. The number of amides is 2. The van der Waals surface area contributed by atoms with Crippen LogP contribution in [0.4, 0.5) is 17.1 Å². The predicted octanol–water partition coefficient (Wildman–Crippen LogP) is 2.06. The standard InChI is InChI=1S/C21H23N3O4/c1-23-18-4-2-3-17(21(18)28-14-20(23)26)22-19(25)13-15-5-7-16(8-6-15)24-9-11-27-12-10-24/h2-8H,9-14H2,1H3,(H,22,25). The van der Waals surface area contributed by atoms with E-state index in [4.69, 9.17) is 9.47 Å². The van der Waals surface area contributed by atoms with Crippen molar-refractivity contribution in [3.8, 4) is 5.75 Å². The van der Waals surface area contributed by atoms with Crippen LogP contribution in [0.5, 0.6) is 5.75 Å². The van der Waals surface area contributed by atoms with Crippen molar-refractivity contribution in [3.63, 3.8) is 0 Å². The Hall–Kier alpha value is -3.06. The number of benzene rings is 2. The molecule has 0 spiro atoms. The van der Waals surface area contributed by atoms with Crippen LogP contribution in [0.2, 0.25) is 0 Å². The third-order valence-corrected chi connectivity index (χ3v) is 5.02. The van der Waals surface area contributed by atoms with Crippen LogP contribution < -0.4 is 19.9 Å². The quantitative estimate of drug-likeness (QED) is 0.878. The van der Waals surface area contributed by atoms with Crippen molar-refractivity contribution in [3.05, 3.63) is 48.0 Å². The van der Waals surface area contributed by atoms with Crippen molar-refractivity contribution in [1.29, 1.82) is 0 Å². The molecule has 1 fully saturated rings. The molecule has 1 saturated heterocycles. The molecule has 2 aromatic rings. The fourth-order valence-corrected chi connectivity index (χ4v) is 3.43. The molecule has 0 unspecified atom stereocenters. The number of nitrogens with zero attached hydrogens (tertiary/aromatic N) is 2. The van der Waals surface area contributed by atoms with Gasteiger partial charge >= 0.3 is 0 Å². The maximum Gasteiger partial charge on any atom is 0.264 e. The molecular formula is C21H23N3O4. The lowest BCUT2D eigenvalue weighted by molar-refractivity contribution is -0.121. The van der Waals surface area contributed by atoms with Crippen LogP contribution in [-0.4, -0.2) is 51.8 Å². The van der Waals surface area contributed by atoms with Gasteiger partial charge in [0.1, 0.15) is 0 Å². The lowest BCUT2D eigenvalue weighted by Gasteiger charge is -2.29. The van der Waals surface area contributed by atoms with Crippen molar-refractivity contribution in [2.75, 3.05) is 55.1 Å². The molecule has 0 atom stereocenters. The number of hydrogen-bond acceptors (Lipinski definition) is 5. The van der Waals surface area contributed by atoms with E-state index in [0.717, 1.165) is 37.6 Å². The molecule has 0 saturated carbocycles. The topological polar surface area (TPSA) is 71.1 Å². The second kappa shape index (κ2) is 7.90. The van der Waals surface area contributed by atoms with Crippen LogP contribution >= 0.6 is 0 Å². The number of anilines is 3. The van der Waals surface area contributed by atoms with E-state index in [2.05, 4.69) is 10.2 Å². The molecule has 0 aliphatic carbocycles. The van der Waals surface area contributed by atoms with Gasteiger partial charge in [-0.15, -0.1) is 0 Å². The van der Waals surface area contributed by atoms with Crippen LogP contribution in [0.1, 0.15) is 5.56 Å². The second-order valence-corrected chi connectivity index (χ2v) is 6.89. The van der Waals surface area contributed by atoms with E-state index in [1.165, 1.54) is 0 Å². The number of fused-ring (bicyclic) bond motifs is 1. The number of para-hydroxylation sites is 1. The van der Waals surface area contributed by atoms with E-state index < -0.39 is 0 Å². The molecule has 2 aliphatic heterocycles. The van der Waals surface area contributed by atoms with Gasteiger partial charge in [-0.2, -0.15) is 0 Å². The summed E-state index contributed by atoms with van der Waals surface area (Å²) >= 11 is 0. The summed E-state index contributed by atoms with van der Waals surface area (Å²) in [7, 11) is 1.70. The molecule has 7 nitrogen and oxygen atoms in total. The molecule has 0 aromatic heterocycles. The molecule has 7 heteroatoms. The minimum atomic E-state index is -0.129. The van der Waals surface area contributed by atoms with E-state index in [9.17, 15) is 9.59 Å². The summed E-state index contributed by atoms with van der Waals surface area (Å²) in [5, 5.41) is 2.90. The van der Waals surface area contributed by atoms with Crippen molar-refractivity contribution in [2.45, 2.75) is 6.42 Å². The maximum absolute atomic E-state index is 12.5. The number of carbonyl (C=O) groups excluding carboxylic acids is 2. The van der Waals surface area contributed by atoms with Crippen molar-refractivity contribution >= 4 is 28.9 Å². The second-order valence-electron chi connectivity index (χ2n) is 6.89. The Bertz CT molecular complexity index is 876. The Morgan fingerprint density at radius 2 is 1.86 bits per heavy atom. The maximum atomic E-state index is 12.5. The highest BCUT2D eigenvalue weighted by Crippen LogP contribution is 2.38. The Labute approximate surface area is 163 Å². The highest BCUT2D eigenvalue weighted by atomic mass is 16.5. The lowest BCUT2D eigenvalue weighted by Crippen LogP contribution is -2.36. The summed E-state index contributed by atoms with van der Waals surface area (Å²) in [5.41, 5.74) is 3.31. The minimum Gasteiger partial charge on any atom is -0.479 e. The summed E-state index contributed by atoms with van der Waals surface area (Å²) in [4.78, 5) is 28.1. The largest absolute Gasteiger partial charge is 0.479 e. The number of morpholine rings is 1. The lowest BCUT2D eigenvalue weighted by atomic mass is 10.1. The van der Waals surface area contributed by atoms with Gasteiger partial charge in [0.2, 0.25) is 5.91 Å². The normalized spacial score (nSPS) is 16.4. The van der Waals surface area contributed by atoms with Crippen LogP contribution in [0.25, 0.3) is 0 Å². The van der Waals surface area contributed by atoms with E-state index >= 15 is 0 Å². The Morgan fingerprint density at radius 3 is 2.61 bits per heavy atom. The molecule has 2 aliphatic rings. The first-order valence-corrected chi connectivity index (χ1v) is 9.35. The summed E-state index contributed by atoms with van der Waals surface area (Å²) in [6.07, 6.45) is 0.266. The monoisotopic (exact) mass is 381 g/mol. The third kappa shape index (κ3) is 3.80. The molecule has 2 aromatic carbocycles. The van der Waals surface area contributed by atoms with E-state index in [1.807, 2.05) is 24.3 Å². The zero-order valence-electron chi connectivity index (χ0n) is 15.8. The van der Waals surface area contributed by atoms with E-state index in [0.29, 0.717) is 17.1 Å². The van der Waals surface area contributed by atoms with Gasteiger partial charge < -0.3 is 24.6 Å². The Kier molecular flexibility index (Phi) is 5.16. The molecule has 28 heavy (non-hydrogen) atoms. The van der Waals surface area contributed by atoms with Gasteiger partial charge in [0.25, 0.3) is 5.91 Å². The number of rotatable bonds is 4. The van der Waals surface area contributed by atoms with E-state index in [1.54, 1.807) is 30.1 Å². The van der Waals surface area contributed by atoms with Crippen molar-refractivity contribution in [2.24, 2.45) is 0 Å². The molecule has 2 amide bonds. The van der Waals surface area contributed by atoms with Crippen molar-refractivity contribution in [1.82, 2.24) is 0 Å². The van der Waals surface area contributed by atoms with E-state index in [-0.39, 0.29) is 24.8 Å². The van der Waals surface area contributed by atoms with Gasteiger partial charge in [-0.3, -0.25) is 9.59 Å². The number of hydrogen-bond donors (Lipinski definition) is 1. The van der Waals surface area contributed by atoms with Gasteiger partial charge in [0.15, 0.2) is 12.4 Å². The number of carbonyl (C=O) groups is 2. The van der Waals surface area contributed by atoms with Gasteiger partial charge in [0, 0.05) is 25.8 Å². The predicted molar refractivity (Wildman–Crippen MR) is 107 cm³/mol. The van der Waals surface area contributed by atoms with Crippen LogP contribution in [0.3, 0.4) is 0 Å². The Balaban J connectivity index is 1.42. The van der Waals surface area contributed by atoms with Gasteiger partial charge in [-0.1, -0.05) is 18.2 Å². The molecule has 0 bridgehead atoms. The fraction of sp³-hybridized carbons (Fsp3) is 0.333. The van der Waals surface area contributed by atoms with Crippen LogP contribution in [-0.2, 0) is 20.7 Å². The third-order valence-electron chi connectivity index (χ3n) is 5.02. The average Bonchev–Trinajstić information content (AvgIpc) is 2.72. The van der Waals surface area contributed by atoms with Gasteiger partial charge in [-0.25, -0.2) is 0 Å². The average molecular weight is 381 g/mol. The highest BCUT2D eigenvalue weighted by Gasteiger charge is 2.25. The number of ether oxygens (including phenoxy) is 2. The Morgan fingerprint density at radius 1 is 1.11 bits per heavy atom. The smallest absolute Gasteiger partial charge is 0.264 e. The first kappa shape index (κ1) is 18.3. The molecular weight excluding hydrogens is 358 g/mol. The van der Waals surface area contributed by atoms with Gasteiger partial charge in [0.05, 0.1) is 31.0 Å². The SMILES string of the molecule is CN1C(=O)COc2c(NC(=O)Cc3ccc(N4CCOCC4)cc3)cccc21. The highest BCUT2D eigenvalue weighted by molar-refractivity contribution is 6.01. The first-order valence-electron chi connectivity index (χ1n) is 9.35. The molecule has 2 heterocycles. The van der Waals surface area contributed by atoms with Gasteiger partial charge in [-0.05, 0) is 29.8 Å². The number of nitrogens with one attached hydrogen (secondary N) is 1. The summed E-state index contributed by atoms with van der Waals surface area (Å²) in [6, 6.07) is 13.4. The van der Waals surface area contributed by atoms with Crippen LogP contribution in [0, 0.1) is 0 Å². The number of likely N-dealkylation sites (N-methyl/N-ethyl adjacent to an activating group) is 1. The summed E-state index contributed by atoms with van der Waals surface area (Å²) < 4.78 is 10.9.